The highest BCUT2D eigenvalue weighted by Crippen LogP contribution is 2.23. The van der Waals surface area contributed by atoms with Crippen molar-refractivity contribution in [2.75, 3.05) is 26.2 Å². The highest BCUT2D eigenvalue weighted by Gasteiger charge is 2.31. The molecule has 1 N–H and O–H groups in total. The molecular formula is C14H21FN2O3S. The van der Waals surface area contributed by atoms with Gasteiger partial charge in [0, 0.05) is 19.6 Å². The zero-order valence-electron chi connectivity index (χ0n) is 12.3. The van der Waals surface area contributed by atoms with Crippen LogP contribution in [0.25, 0.3) is 0 Å². The van der Waals surface area contributed by atoms with Gasteiger partial charge in [-0.3, -0.25) is 0 Å². The van der Waals surface area contributed by atoms with Crippen molar-refractivity contribution in [2.24, 2.45) is 0 Å². The minimum atomic E-state index is -3.71. The van der Waals surface area contributed by atoms with Gasteiger partial charge in [0.25, 0.3) is 0 Å². The Kier molecular flexibility index (Phi) is 5.32. The first kappa shape index (κ1) is 16.4. The highest BCUT2D eigenvalue weighted by atomic mass is 32.2. The maximum Gasteiger partial charge on any atom is 0.243 e. The average molecular weight is 316 g/mol. The molecule has 0 saturated carbocycles. The number of nitrogens with one attached hydrogen (secondary N) is 1. The highest BCUT2D eigenvalue weighted by molar-refractivity contribution is 7.89. The second-order valence-corrected chi connectivity index (χ2v) is 6.98. The maximum atomic E-state index is 13.5. The van der Waals surface area contributed by atoms with Crippen LogP contribution < -0.4 is 5.32 Å². The van der Waals surface area contributed by atoms with Crippen molar-refractivity contribution in [3.63, 3.8) is 0 Å². The predicted molar refractivity (Wildman–Crippen MR) is 78.0 cm³/mol. The Hall–Kier alpha value is -1.02. The molecule has 0 aromatic heterocycles. The first-order valence-corrected chi connectivity index (χ1v) is 8.50. The minimum Gasteiger partial charge on any atom is -0.376 e. The van der Waals surface area contributed by atoms with E-state index in [1.54, 1.807) is 0 Å². The number of benzene rings is 1. The van der Waals surface area contributed by atoms with Gasteiger partial charge in [-0.1, -0.05) is 13.0 Å². The van der Waals surface area contributed by atoms with Gasteiger partial charge in [-0.05, 0) is 31.2 Å². The number of nitrogens with zero attached hydrogens (tertiary/aromatic N) is 1. The number of sulfonamides is 1. The standard InChI is InChI=1S/C14H21FN2O3S/c1-3-16-9-12-4-5-13(15)8-14(12)21(18,19)17-6-7-20-11(2)10-17/h4-5,8,11,16H,3,6-7,9-10H2,1-2H3. The van der Waals surface area contributed by atoms with E-state index < -0.39 is 15.8 Å². The zero-order valence-corrected chi connectivity index (χ0v) is 13.1. The summed E-state index contributed by atoms with van der Waals surface area (Å²) in [7, 11) is -3.71. The van der Waals surface area contributed by atoms with Crippen molar-refractivity contribution in [1.82, 2.24) is 9.62 Å². The van der Waals surface area contributed by atoms with E-state index in [0.29, 0.717) is 38.3 Å². The van der Waals surface area contributed by atoms with Crippen LogP contribution in [0.15, 0.2) is 23.1 Å². The van der Waals surface area contributed by atoms with E-state index in [0.717, 1.165) is 6.07 Å². The molecule has 1 atom stereocenters. The van der Waals surface area contributed by atoms with Crippen molar-refractivity contribution in [2.45, 2.75) is 31.4 Å². The predicted octanol–water partition coefficient (Wildman–Crippen LogP) is 1.34. The summed E-state index contributed by atoms with van der Waals surface area (Å²) in [5, 5.41) is 3.08. The Morgan fingerprint density at radius 3 is 2.90 bits per heavy atom. The quantitative estimate of drug-likeness (QED) is 0.891. The molecule has 0 radical (unpaired) electrons. The third-order valence-corrected chi connectivity index (χ3v) is 5.36. The topological polar surface area (TPSA) is 58.6 Å². The summed E-state index contributed by atoms with van der Waals surface area (Å²) in [5.74, 6) is -0.546. The van der Waals surface area contributed by atoms with Gasteiger partial charge >= 0.3 is 0 Å². The van der Waals surface area contributed by atoms with Gasteiger partial charge < -0.3 is 10.1 Å². The lowest BCUT2D eigenvalue weighted by Gasteiger charge is -2.30. The smallest absolute Gasteiger partial charge is 0.243 e. The van der Waals surface area contributed by atoms with Crippen LogP contribution in [0.3, 0.4) is 0 Å². The second kappa shape index (κ2) is 6.83. The largest absolute Gasteiger partial charge is 0.376 e. The van der Waals surface area contributed by atoms with Gasteiger partial charge in [-0.25, -0.2) is 12.8 Å². The number of hydrogen-bond donors (Lipinski definition) is 1. The molecule has 2 rings (SSSR count). The fourth-order valence-electron chi connectivity index (χ4n) is 2.32. The molecule has 0 bridgehead atoms. The molecule has 1 fully saturated rings. The van der Waals surface area contributed by atoms with Gasteiger partial charge in [-0.2, -0.15) is 4.31 Å². The van der Waals surface area contributed by atoms with Crippen molar-refractivity contribution >= 4 is 10.0 Å². The Labute approximate surface area is 125 Å². The van der Waals surface area contributed by atoms with Gasteiger partial charge in [-0.15, -0.1) is 0 Å². The minimum absolute atomic E-state index is 0.0394. The second-order valence-electron chi connectivity index (χ2n) is 5.08. The van der Waals surface area contributed by atoms with Crippen LogP contribution in [-0.2, 0) is 21.3 Å². The fourth-order valence-corrected chi connectivity index (χ4v) is 4.05. The Morgan fingerprint density at radius 1 is 1.48 bits per heavy atom. The molecule has 1 saturated heterocycles. The molecule has 1 aliphatic rings. The zero-order chi connectivity index (χ0) is 15.5. The molecule has 1 aromatic rings. The molecule has 1 aliphatic heterocycles. The number of halogens is 1. The Bertz CT molecular complexity index is 592. The number of hydrogen-bond acceptors (Lipinski definition) is 4. The van der Waals surface area contributed by atoms with Crippen molar-refractivity contribution in [1.29, 1.82) is 0 Å². The molecule has 118 valence electrons. The van der Waals surface area contributed by atoms with E-state index in [-0.39, 0.29) is 11.0 Å². The summed E-state index contributed by atoms with van der Waals surface area (Å²) >= 11 is 0. The van der Waals surface area contributed by atoms with Crippen LogP contribution in [0.5, 0.6) is 0 Å². The lowest BCUT2D eigenvalue weighted by atomic mass is 10.2. The van der Waals surface area contributed by atoms with Crippen LogP contribution in [0, 0.1) is 5.82 Å². The van der Waals surface area contributed by atoms with Crippen LogP contribution in [0.2, 0.25) is 0 Å². The molecule has 0 spiro atoms. The Morgan fingerprint density at radius 2 is 2.24 bits per heavy atom. The number of ether oxygens (including phenoxy) is 1. The number of rotatable bonds is 5. The van der Waals surface area contributed by atoms with Crippen LogP contribution in [-0.4, -0.2) is 45.1 Å². The van der Waals surface area contributed by atoms with Crippen molar-refractivity contribution in [3.8, 4) is 0 Å². The van der Waals surface area contributed by atoms with Crippen molar-refractivity contribution in [3.05, 3.63) is 29.6 Å². The van der Waals surface area contributed by atoms with E-state index in [9.17, 15) is 12.8 Å². The third kappa shape index (κ3) is 3.79. The van der Waals surface area contributed by atoms with Gasteiger partial charge in [0.15, 0.2) is 0 Å². The summed E-state index contributed by atoms with van der Waals surface area (Å²) in [6, 6.07) is 3.91. The number of morpholine rings is 1. The van der Waals surface area contributed by atoms with Gasteiger partial charge in [0.2, 0.25) is 10.0 Å². The summed E-state index contributed by atoms with van der Waals surface area (Å²) < 4.78 is 45.7. The van der Waals surface area contributed by atoms with E-state index in [1.165, 1.54) is 16.4 Å². The van der Waals surface area contributed by atoms with E-state index in [1.807, 2.05) is 13.8 Å². The molecular weight excluding hydrogens is 295 g/mol. The fraction of sp³-hybridized carbons (Fsp3) is 0.571. The average Bonchev–Trinajstić information content (AvgIpc) is 2.46. The molecule has 1 unspecified atom stereocenters. The van der Waals surface area contributed by atoms with Gasteiger partial charge in [0.05, 0.1) is 17.6 Å². The molecule has 1 heterocycles. The molecule has 1 aromatic carbocycles. The van der Waals surface area contributed by atoms with Crippen LogP contribution in [0.1, 0.15) is 19.4 Å². The van der Waals surface area contributed by atoms with Gasteiger partial charge in [0.1, 0.15) is 5.82 Å². The molecule has 0 amide bonds. The molecule has 21 heavy (non-hydrogen) atoms. The summed E-state index contributed by atoms with van der Waals surface area (Å²) in [5.41, 5.74) is 0.581. The maximum absolute atomic E-state index is 13.5. The molecule has 0 aliphatic carbocycles. The van der Waals surface area contributed by atoms with E-state index >= 15 is 0 Å². The van der Waals surface area contributed by atoms with E-state index in [2.05, 4.69) is 5.32 Å². The van der Waals surface area contributed by atoms with Crippen LogP contribution >= 0.6 is 0 Å². The molecule has 7 heteroatoms. The lowest BCUT2D eigenvalue weighted by Crippen LogP contribution is -2.44. The third-order valence-electron chi connectivity index (χ3n) is 3.42. The first-order valence-electron chi connectivity index (χ1n) is 7.06. The summed E-state index contributed by atoms with van der Waals surface area (Å²) in [4.78, 5) is 0.0394. The van der Waals surface area contributed by atoms with Crippen molar-refractivity contribution < 1.29 is 17.5 Å². The van der Waals surface area contributed by atoms with Crippen LogP contribution in [0.4, 0.5) is 4.39 Å². The molecule has 5 nitrogen and oxygen atoms in total. The summed E-state index contributed by atoms with van der Waals surface area (Å²) in [6.45, 7) is 5.81. The monoisotopic (exact) mass is 316 g/mol. The SMILES string of the molecule is CCNCc1ccc(F)cc1S(=O)(=O)N1CCOC(C)C1. The summed E-state index contributed by atoms with van der Waals surface area (Å²) in [6.07, 6.45) is -0.153. The normalized spacial score (nSPS) is 20.6. The first-order chi connectivity index (χ1) is 9.95. The Balaban J connectivity index is 2.35. The lowest BCUT2D eigenvalue weighted by molar-refractivity contribution is 0.0101. The van der Waals surface area contributed by atoms with E-state index in [4.69, 9.17) is 4.74 Å².